The van der Waals surface area contributed by atoms with Gasteiger partial charge in [0.2, 0.25) is 0 Å². The van der Waals surface area contributed by atoms with Crippen molar-refractivity contribution in [3.63, 3.8) is 0 Å². The molecule has 9 heteroatoms. The molecule has 1 atom stereocenters. The van der Waals surface area contributed by atoms with Crippen LogP contribution in [0.4, 0.5) is 22.0 Å². The SMILES string of the molecule is CC(NS(=O)(=O)C(F)(F)F)c1c(F)cccc1F. The highest BCUT2D eigenvalue weighted by Crippen LogP contribution is 2.26. The molecule has 1 rings (SSSR count). The summed E-state index contributed by atoms with van der Waals surface area (Å²) in [7, 11) is -5.66. The smallest absolute Gasteiger partial charge is 0.207 e. The number of rotatable bonds is 3. The molecule has 0 spiro atoms. The van der Waals surface area contributed by atoms with Gasteiger partial charge in [-0.15, -0.1) is 0 Å². The number of benzene rings is 1. The second-order valence-corrected chi connectivity index (χ2v) is 5.13. The number of alkyl halides is 3. The van der Waals surface area contributed by atoms with Gasteiger partial charge >= 0.3 is 15.5 Å². The van der Waals surface area contributed by atoms with Gasteiger partial charge in [-0.3, -0.25) is 0 Å². The van der Waals surface area contributed by atoms with Crippen molar-refractivity contribution >= 4 is 10.0 Å². The van der Waals surface area contributed by atoms with Crippen LogP contribution in [-0.4, -0.2) is 13.9 Å². The summed E-state index contributed by atoms with van der Waals surface area (Å²) in [6.07, 6.45) is 0. The molecule has 0 heterocycles. The molecule has 3 nitrogen and oxygen atoms in total. The van der Waals surface area contributed by atoms with Crippen molar-refractivity contribution in [3.05, 3.63) is 35.4 Å². The Kier molecular flexibility index (Phi) is 3.96. The first-order valence-corrected chi connectivity index (χ1v) is 6.07. The maximum atomic E-state index is 13.2. The van der Waals surface area contributed by atoms with Gasteiger partial charge in [0.25, 0.3) is 0 Å². The van der Waals surface area contributed by atoms with Crippen LogP contribution in [0.3, 0.4) is 0 Å². The second-order valence-electron chi connectivity index (χ2n) is 3.42. The second kappa shape index (κ2) is 4.81. The molecule has 0 aromatic heterocycles. The van der Waals surface area contributed by atoms with Gasteiger partial charge in [0.15, 0.2) is 0 Å². The summed E-state index contributed by atoms with van der Waals surface area (Å²) in [5, 5.41) is 0. The third kappa shape index (κ3) is 2.96. The summed E-state index contributed by atoms with van der Waals surface area (Å²) < 4.78 is 85.4. The molecule has 0 radical (unpaired) electrons. The zero-order valence-corrected chi connectivity index (χ0v) is 9.74. The van der Waals surface area contributed by atoms with E-state index in [0.717, 1.165) is 29.8 Å². The Bertz CT molecular complexity index is 520. The van der Waals surface area contributed by atoms with Crippen LogP contribution in [0, 0.1) is 11.6 Å². The minimum Gasteiger partial charge on any atom is -0.207 e. The molecule has 1 N–H and O–H groups in total. The summed E-state index contributed by atoms with van der Waals surface area (Å²) in [5.41, 5.74) is -6.31. The zero-order chi connectivity index (χ0) is 14.1. The molecule has 0 amide bonds. The van der Waals surface area contributed by atoms with Crippen LogP contribution in [0.25, 0.3) is 0 Å². The molecule has 0 aliphatic carbocycles. The van der Waals surface area contributed by atoms with Crippen LogP contribution >= 0.6 is 0 Å². The summed E-state index contributed by atoms with van der Waals surface area (Å²) in [6.45, 7) is 0.908. The van der Waals surface area contributed by atoms with Crippen LogP contribution in [0.5, 0.6) is 0 Å². The van der Waals surface area contributed by atoms with Crippen molar-refractivity contribution in [2.45, 2.75) is 18.5 Å². The molecule has 0 saturated carbocycles. The van der Waals surface area contributed by atoms with E-state index < -0.39 is 38.8 Å². The van der Waals surface area contributed by atoms with Crippen molar-refractivity contribution in [2.24, 2.45) is 0 Å². The lowest BCUT2D eigenvalue weighted by Gasteiger charge is -2.17. The van der Waals surface area contributed by atoms with Crippen LogP contribution in [0.2, 0.25) is 0 Å². The molecule has 0 aliphatic heterocycles. The van der Waals surface area contributed by atoms with E-state index >= 15 is 0 Å². The largest absolute Gasteiger partial charge is 0.511 e. The highest BCUT2D eigenvalue weighted by molar-refractivity contribution is 7.90. The fourth-order valence-electron chi connectivity index (χ4n) is 1.28. The van der Waals surface area contributed by atoms with Crippen molar-refractivity contribution in [1.29, 1.82) is 0 Å². The fourth-order valence-corrected chi connectivity index (χ4v) is 2.00. The van der Waals surface area contributed by atoms with E-state index in [2.05, 4.69) is 0 Å². The van der Waals surface area contributed by atoms with Crippen LogP contribution < -0.4 is 4.72 Å². The first kappa shape index (κ1) is 14.8. The summed E-state index contributed by atoms with van der Waals surface area (Å²) in [6, 6.07) is 0.963. The Morgan fingerprint density at radius 1 is 1.17 bits per heavy atom. The van der Waals surface area contributed by atoms with E-state index in [1.165, 1.54) is 0 Å². The fraction of sp³-hybridized carbons (Fsp3) is 0.333. The normalized spacial score (nSPS) is 14.6. The van der Waals surface area contributed by atoms with Crippen molar-refractivity contribution in [3.8, 4) is 0 Å². The predicted molar refractivity (Wildman–Crippen MR) is 52.9 cm³/mol. The van der Waals surface area contributed by atoms with Gasteiger partial charge in [-0.1, -0.05) is 6.07 Å². The summed E-state index contributed by atoms with van der Waals surface area (Å²) in [5.74, 6) is -2.26. The van der Waals surface area contributed by atoms with E-state index in [0.29, 0.717) is 0 Å². The molecule has 1 aromatic carbocycles. The quantitative estimate of drug-likeness (QED) is 0.869. The molecular formula is C9H8F5NO2S. The average molecular weight is 289 g/mol. The molecular weight excluding hydrogens is 281 g/mol. The summed E-state index contributed by atoms with van der Waals surface area (Å²) in [4.78, 5) is 0. The van der Waals surface area contributed by atoms with Crippen molar-refractivity contribution in [1.82, 2.24) is 4.72 Å². The Labute approximate surface area is 99.7 Å². The number of halogens is 5. The highest BCUT2D eigenvalue weighted by atomic mass is 32.2. The third-order valence-electron chi connectivity index (χ3n) is 2.07. The lowest BCUT2D eigenvalue weighted by atomic mass is 10.1. The van der Waals surface area contributed by atoms with Gasteiger partial charge in [-0.25, -0.2) is 17.2 Å². The van der Waals surface area contributed by atoms with E-state index in [4.69, 9.17) is 0 Å². The van der Waals surface area contributed by atoms with Crippen molar-refractivity contribution < 1.29 is 30.4 Å². The molecule has 0 fully saturated rings. The van der Waals surface area contributed by atoms with Crippen molar-refractivity contribution in [2.75, 3.05) is 0 Å². The Morgan fingerprint density at radius 2 is 1.61 bits per heavy atom. The van der Waals surface area contributed by atoms with E-state index in [1.807, 2.05) is 0 Å². The lowest BCUT2D eigenvalue weighted by Crippen LogP contribution is -2.38. The molecule has 1 aromatic rings. The maximum Gasteiger partial charge on any atom is 0.511 e. The molecule has 0 bridgehead atoms. The van der Waals surface area contributed by atoms with Gasteiger partial charge in [-0.05, 0) is 19.1 Å². The minimum absolute atomic E-state index is 0.773. The first-order chi connectivity index (χ1) is 8.06. The molecule has 1 unspecified atom stereocenters. The first-order valence-electron chi connectivity index (χ1n) is 4.59. The Hall–Kier alpha value is -1.22. The van der Waals surface area contributed by atoms with Gasteiger partial charge in [-0.2, -0.15) is 17.9 Å². The number of nitrogens with one attached hydrogen (secondary N) is 1. The topological polar surface area (TPSA) is 46.2 Å². The lowest BCUT2D eigenvalue weighted by molar-refractivity contribution is -0.0450. The minimum atomic E-state index is -5.66. The van der Waals surface area contributed by atoms with E-state index in [-0.39, 0.29) is 0 Å². The maximum absolute atomic E-state index is 13.2. The van der Waals surface area contributed by atoms with Gasteiger partial charge in [0.1, 0.15) is 11.6 Å². The van der Waals surface area contributed by atoms with E-state index in [1.54, 1.807) is 0 Å². The number of sulfonamides is 1. The monoisotopic (exact) mass is 289 g/mol. The average Bonchev–Trinajstić information content (AvgIpc) is 2.14. The van der Waals surface area contributed by atoms with Crippen LogP contribution in [-0.2, 0) is 10.0 Å². The third-order valence-corrected chi connectivity index (χ3v) is 3.34. The van der Waals surface area contributed by atoms with Crippen LogP contribution in [0.15, 0.2) is 18.2 Å². The molecule has 18 heavy (non-hydrogen) atoms. The number of hydrogen-bond acceptors (Lipinski definition) is 2. The molecule has 0 aliphatic rings. The van der Waals surface area contributed by atoms with Gasteiger partial charge < -0.3 is 0 Å². The summed E-state index contributed by atoms with van der Waals surface area (Å²) >= 11 is 0. The van der Waals surface area contributed by atoms with E-state index in [9.17, 15) is 30.4 Å². The number of hydrogen-bond donors (Lipinski definition) is 1. The Balaban J connectivity index is 3.08. The predicted octanol–water partition coefficient (Wildman–Crippen LogP) is 2.47. The zero-order valence-electron chi connectivity index (χ0n) is 8.92. The molecule has 102 valence electrons. The Morgan fingerprint density at radius 3 is 2.00 bits per heavy atom. The van der Waals surface area contributed by atoms with Gasteiger partial charge in [0.05, 0.1) is 0 Å². The standard InChI is InChI=1S/C9H8F5NO2S/c1-5(15-18(16,17)9(12,13)14)8-6(10)3-2-4-7(8)11/h2-5,15H,1H3. The highest BCUT2D eigenvalue weighted by Gasteiger charge is 2.46. The van der Waals surface area contributed by atoms with Gasteiger partial charge in [0, 0.05) is 11.6 Å². The van der Waals surface area contributed by atoms with Crippen LogP contribution in [0.1, 0.15) is 18.5 Å². The molecule has 0 saturated heterocycles.